The van der Waals surface area contributed by atoms with Gasteiger partial charge in [-0.2, -0.15) is 0 Å². The van der Waals surface area contributed by atoms with Gasteiger partial charge in [-0.15, -0.1) is 0 Å². The molecule has 4 aromatic rings. The van der Waals surface area contributed by atoms with E-state index < -0.39 is 0 Å². The zero-order valence-corrected chi connectivity index (χ0v) is 16.0. The number of para-hydroxylation sites is 1. The maximum atomic E-state index is 13.0. The molecule has 1 amide bonds. The predicted molar refractivity (Wildman–Crippen MR) is 112 cm³/mol. The van der Waals surface area contributed by atoms with E-state index in [0.29, 0.717) is 34.1 Å². The molecule has 6 heteroatoms. The highest BCUT2D eigenvalue weighted by molar-refractivity contribution is 6.12. The Kier molecular flexibility index (Phi) is 5.07. The second-order valence-corrected chi connectivity index (χ2v) is 6.31. The monoisotopic (exact) mass is 385 g/mol. The van der Waals surface area contributed by atoms with Crippen LogP contribution in [0.1, 0.15) is 10.4 Å². The Labute approximate surface area is 168 Å². The minimum atomic E-state index is -0.254. The van der Waals surface area contributed by atoms with Gasteiger partial charge in [-0.25, -0.2) is 9.97 Å². The van der Waals surface area contributed by atoms with E-state index in [0.717, 1.165) is 10.9 Å². The first-order chi connectivity index (χ1) is 14.2. The molecule has 0 aliphatic carbocycles. The summed E-state index contributed by atoms with van der Waals surface area (Å²) < 4.78 is 10.8. The van der Waals surface area contributed by atoms with Crippen molar-refractivity contribution in [3.63, 3.8) is 0 Å². The zero-order chi connectivity index (χ0) is 20.2. The zero-order valence-electron chi connectivity index (χ0n) is 16.0. The van der Waals surface area contributed by atoms with Crippen molar-refractivity contribution in [3.8, 4) is 22.8 Å². The normalized spacial score (nSPS) is 10.6. The van der Waals surface area contributed by atoms with E-state index >= 15 is 0 Å². The number of nitrogens with zero attached hydrogens (tertiary/aromatic N) is 2. The molecule has 0 bridgehead atoms. The van der Waals surface area contributed by atoms with Gasteiger partial charge in [0.2, 0.25) is 0 Å². The lowest BCUT2D eigenvalue weighted by Gasteiger charge is -2.13. The quantitative estimate of drug-likeness (QED) is 0.545. The maximum Gasteiger partial charge on any atom is 0.257 e. The van der Waals surface area contributed by atoms with Crippen LogP contribution in [0.3, 0.4) is 0 Å². The molecule has 29 heavy (non-hydrogen) atoms. The standard InChI is InChI=1S/C23H19N3O3/c1-28-15-10-11-17(21(13-15)29-2)20-14-18(16-7-3-4-8-19(16)25-20)23(27)26-22-9-5-6-12-24-22/h3-14H,1-2H3,(H,24,26,27). The van der Waals surface area contributed by atoms with Gasteiger partial charge in [0.25, 0.3) is 5.91 Å². The first-order valence-corrected chi connectivity index (χ1v) is 9.04. The van der Waals surface area contributed by atoms with Crippen LogP contribution < -0.4 is 14.8 Å². The van der Waals surface area contributed by atoms with Gasteiger partial charge in [0.1, 0.15) is 17.3 Å². The second kappa shape index (κ2) is 7.98. The average Bonchev–Trinajstić information content (AvgIpc) is 2.78. The number of amides is 1. The summed E-state index contributed by atoms with van der Waals surface area (Å²) in [6.07, 6.45) is 1.63. The number of rotatable bonds is 5. The third kappa shape index (κ3) is 3.73. The van der Waals surface area contributed by atoms with Gasteiger partial charge >= 0.3 is 0 Å². The third-order valence-electron chi connectivity index (χ3n) is 4.55. The molecule has 0 saturated carbocycles. The molecule has 1 N–H and O–H groups in total. The van der Waals surface area contributed by atoms with Crippen LogP contribution in [0.2, 0.25) is 0 Å². The summed E-state index contributed by atoms with van der Waals surface area (Å²) in [6, 6.07) is 20.2. The topological polar surface area (TPSA) is 73.3 Å². The first-order valence-electron chi connectivity index (χ1n) is 9.04. The van der Waals surface area contributed by atoms with Gasteiger partial charge < -0.3 is 14.8 Å². The number of fused-ring (bicyclic) bond motifs is 1. The van der Waals surface area contributed by atoms with Gasteiger partial charge in [-0.05, 0) is 36.4 Å². The first kappa shape index (κ1) is 18.4. The van der Waals surface area contributed by atoms with Crippen molar-refractivity contribution < 1.29 is 14.3 Å². The molecule has 0 fully saturated rings. The summed E-state index contributed by atoms with van der Waals surface area (Å²) in [4.78, 5) is 21.9. The van der Waals surface area contributed by atoms with Gasteiger partial charge in [-0.1, -0.05) is 24.3 Å². The van der Waals surface area contributed by atoms with E-state index in [2.05, 4.69) is 10.3 Å². The molecule has 2 heterocycles. The molecule has 0 aliphatic rings. The van der Waals surface area contributed by atoms with Crippen LogP contribution in [0, 0.1) is 0 Å². The molecule has 2 aromatic carbocycles. The van der Waals surface area contributed by atoms with Gasteiger partial charge in [0.15, 0.2) is 0 Å². The Morgan fingerprint density at radius 2 is 1.76 bits per heavy atom. The van der Waals surface area contributed by atoms with E-state index in [1.54, 1.807) is 44.7 Å². The van der Waals surface area contributed by atoms with Crippen LogP contribution in [0.25, 0.3) is 22.2 Å². The van der Waals surface area contributed by atoms with Crippen molar-refractivity contribution in [2.24, 2.45) is 0 Å². The van der Waals surface area contributed by atoms with Crippen LogP contribution in [-0.4, -0.2) is 30.1 Å². The summed E-state index contributed by atoms with van der Waals surface area (Å²) in [5.41, 5.74) is 2.63. The summed E-state index contributed by atoms with van der Waals surface area (Å²) in [6.45, 7) is 0. The second-order valence-electron chi connectivity index (χ2n) is 6.31. The van der Waals surface area contributed by atoms with Crippen molar-refractivity contribution in [3.05, 3.63) is 78.5 Å². The molecule has 0 atom stereocenters. The van der Waals surface area contributed by atoms with Crippen LogP contribution in [-0.2, 0) is 0 Å². The molecule has 6 nitrogen and oxygen atoms in total. The van der Waals surface area contributed by atoms with E-state index in [9.17, 15) is 4.79 Å². The largest absolute Gasteiger partial charge is 0.497 e. The maximum absolute atomic E-state index is 13.0. The lowest BCUT2D eigenvalue weighted by molar-refractivity contribution is 0.102. The Bertz CT molecular complexity index is 1180. The number of hydrogen-bond acceptors (Lipinski definition) is 5. The SMILES string of the molecule is COc1ccc(-c2cc(C(=O)Nc3ccccn3)c3ccccc3n2)c(OC)c1. The van der Waals surface area contributed by atoms with E-state index in [-0.39, 0.29) is 5.91 Å². The molecular formula is C23H19N3O3. The molecule has 144 valence electrons. The number of pyridine rings is 2. The Morgan fingerprint density at radius 1 is 0.931 bits per heavy atom. The molecule has 4 rings (SSSR count). The summed E-state index contributed by atoms with van der Waals surface area (Å²) >= 11 is 0. The number of ether oxygens (including phenoxy) is 2. The van der Waals surface area contributed by atoms with Gasteiger partial charge in [0.05, 0.1) is 31.0 Å². The number of methoxy groups -OCH3 is 2. The predicted octanol–water partition coefficient (Wildman–Crippen LogP) is 4.57. The Hall–Kier alpha value is -3.93. The molecule has 0 aliphatic heterocycles. The number of hydrogen-bond donors (Lipinski definition) is 1. The molecule has 0 saturated heterocycles. The Balaban J connectivity index is 1.84. The summed E-state index contributed by atoms with van der Waals surface area (Å²) in [5, 5.41) is 3.61. The highest BCUT2D eigenvalue weighted by atomic mass is 16.5. The van der Waals surface area contributed by atoms with Crippen molar-refractivity contribution in [1.82, 2.24) is 9.97 Å². The van der Waals surface area contributed by atoms with Crippen LogP contribution >= 0.6 is 0 Å². The highest BCUT2D eigenvalue weighted by Gasteiger charge is 2.17. The fraction of sp³-hybridized carbons (Fsp3) is 0.0870. The van der Waals surface area contributed by atoms with E-state index in [4.69, 9.17) is 14.5 Å². The highest BCUT2D eigenvalue weighted by Crippen LogP contribution is 2.34. The van der Waals surface area contributed by atoms with Crippen molar-refractivity contribution in [2.75, 3.05) is 19.5 Å². The van der Waals surface area contributed by atoms with Gasteiger partial charge in [0, 0.05) is 23.2 Å². The van der Waals surface area contributed by atoms with E-state index in [1.165, 1.54) is 0 Å². The Morgan fingerprint density at radius 3 is 2.52 bits per heavy atom. The molecule has 0 spiro atoms. The summed E-state index contributed by atoms with van der Waals surface area (Å²) in [5.74, 6) is 1.53. The summed E-state index contributed by atoms with van der Waals surface area (Å²) in [7, 11) is 3.19. The molecular weight excluding hydrogens is 366 g/mol. The number of aromatic nitrogens is 2. The van der Waals surface area contributed by atoms with Crippen molar-refractivity contribution >= 4 is 22.6 Å². The molecule has 0 radical (unpaired) electrons. The van der Waals surface area contributed by atoms with Crippen LogP contribution in [0.4, 0.5) is 5.82 Å². The average molecular weight is 385 g/mol. The minimum Gasteiger partial charge on any atom is -0.497 e. The number of anilines is 1. The van der Waals surface area contributed by atoms with Crippen LogP contribution in [0.5, 0.6) is 11.5 Å². The van der Waals surface area contributed by atoms with E-state index in [1.807, 2.05) is 42.5 Å². The van der Waals surface area contributed by atoms with Crippen molar-refractivity contribution in [2.45, 2.75) is 0 Å². The number of carbonyl (C=O) groups excluding carboxylic acids is 1. The fourth-order valence-corrected chi connectivity index (χ4v) is 3.13. The lowest BCUT2D eigenvalue weighted by atomic mass is 10.0. The smallest absolute Gasteiger partial charge is 0.257 e. The van der Waals surface area contributed by atoms with Gasteiger partial charge in [-0.3, -0.25) is 4.79 Å². The molecule has 2 aromatic heterocycles. The number of benzene rings is 2. The van der Waals surface area contributed by atoms with Crippen LogP contribution in [0.15, 0.2) is 72.9 Å². The number of carbonyl (C=O) groups is 1. The van der Waals surface area contributed by atoms with Crippen molar-refractivity contribution in [1.29, 1.82) is 0 Å². The third-order valence-corrected chi connectivity index (χ3v) is 4.55. The molecule has 0 unspecified atom stereocenters. The lowest BCUT2D eigenvalue weighted by Crippen LogP contribution is -2.14. The fourth-order valence-electron chi connectivity index (χ4n) is 3.13. The number of nitrogens with one attached hydrogen (secondary N) is 1. The minimum absolute atomic E-state index is 0.254.